The molecule has 2 aromatic carbocycles. The topological polar surface area (TPSA) is 75.7 Å². The van der Waals surface area contributed by atoms with Crippen LogP contribution in [0.15, 0.2) is 48.5 Å². The molecule has 0 bridgehead atoms. The van der Waals surface area contributed by atoms with Gasteiger partial charge in [0.25, 0.3) is 5.91 Å². The molecular weight excluding hydrogens is 432 g/mol. The molecule has 2 fully saturated rings. The van der Waals surface area contributed by atoms with Crippen molar-refractivity contribution in [1.82, 2.24) is 0 Å². The monoisotopic (exact) mass is 456 g/mol. The summed E-state index contributed by atoms with van der Waals surface area (Å²) < 4.78 is 5.58. The van der Waals surface area contributed by atoms with Crippen LogP contribution in [0.2, 0.25) is 0 Å². The highest BCUT2D eigenvalue weighted by atomic mass is 32.2. The van der Waals surface area contributed by atoms with E-state index in [4.69, 9.17) is 4.74 Å². The first kappa shape index (κ1) is 21.8. The van der Waals surface area contributed by atoms with Crippen LogP contribution in [0, 0.1) is 0 Å². The Morgan fingerprint density at radius 1 is 1.06 bits per heavy atom. The van der Waals surface area contributed by atoms with Gasteiger partial charge >= 0.3 is 5.97 Å². The number of hydrogen-bond donors (Lipinski definition) is 1. The molecule has 2 saturated heterocycles. The Bertz CT molecular complexity index is 958. The van der Waals surface area contributed by atoms with Gasteiger partial charge in [0.15, 0.2) is 6.61 Å². The zero-order valence-corrected chi connectivity index (χ0v) is 18.7. The number of benzene rings is 2. The minimum atomic E-state index is -0.526. The highest BCUT2D eigenvalue weighted by Crippen LogP contribution is 2.43. The van der Waals surface area contributed by atoms with E-state index in [0.29, 0.717) is 28.8 Å². The van der Waals surface area contributed by atoms with Gasteiger partial charge in [0.2, 0.25) is 5.91 Å². The smallest absolute Gasteiger partial charge is 0.338 e. The summed E-state index contributed by atoms with van der Waals surface area (Å²) in [4.78, 5) is 38.1. The molecule has 2 amide bonds. The highest BCUT2D eigenvalue weighted by molar-refractivity contribution is 8.16. The second-order valence-corrected chi connectivity index (χ2v) is 10.1. The molecule has 0 saturated carbocycles. The van der Waals surface area contributed by atoms with Crippen LogP contribution < -0.4 is 10.2 Å². The minimum Gasteiger partial charge on any atom is -0.452 e. The Balaban J connectivity index is 1.28. The molecule has 2 heterocycles. The molecule has 0 aliphatic carbocycles. The fourth-order valence-electron chi connectivity index (χ4n) is 3.54. The maximum Gasteiger partial charge on any atom is 0.338 e. The van der Waals surface area contributed by atoms with Crippen molar-refractivity contribution in [2.75, 3.05) is 34.9 Å². The van der Waals surface area contributed by atoms with E-state index >= 15 is 0 Å². The minimum absolute atomic E-state index is 0.0871. The van der Waals surface area contributed by atoms with Crippen molar-refractivity contribution in [2.45, 2.75) is 23.8 Å². The molecule has 1 N–H and O–H groups in total. The molecule has 2 aliphatic rings. The van der Waals surface area contributed by atoms with Crippen LogP contribution in [0.3, 0.4) is 0 Å². The number of thioether (sulfide) groups is 2. The third kappa shape index (κ3) is 5.62. The third-order valence-electron chi connectivity index (χ3n) is 5.10. The number of nitrogens with zero attached hydrogens (tertiary/aromatic N) is 1. The zero-order valence-electron chi connectivity index (χ0n) is 17.0. The molecule has 31 heavy (non-hydrogen) atoms. The number of esters is 1. The number of anilines is 2. The first-order valence-electron chi connectivity index (χ1n) is 10.3. The summed E-state index contributed by atoms with van der Waals surface area (Å²) in [7, 11) is 0. The number of carbonyl (C=O) groups excluding carboxylic acids is 3. The van der Waals surface area contributed by atoms with Crippen molar-refractivity contribution >= 4 is 52.7 Å². The average molecular weight is 457 g/mol. The van der Waals surface area contributed by atoms with Crippen LogP contribution in [0.4, 0.5) is 11.4 Å². The fourth-order valence-corrected chi connectivity index (χ4v) is 6.44. The van der Waals surface area contributed by atoms with Gasteiger partial charge in [-0.1, -0.05) is 18.2 Å². The molecule has 0 aromatic heterocycles. The van der Waals surface area contributed by atoms with Crippen LogP contribution >= 0.6 is 23.5 Å². The second kappa shape index (κ2) is 10.2. The molecule has 2 aromatic rings. The Morgan fingerprint density at radius 3 is 2.55 bits per heavy atom. The number of rotatable bonds is 6. The van der Waals surface area contributed by atoms with Crippen molar-refractivity contribution in [3.63, 3.8) is 0 Å². The quantitative estimate of drug-likeness (QED) is 0.646. The molecule has 0 unspecified atom stereocenters. The molecular formula is C23H24N2O4S2. The predicted octanol–water partition coefficient (Wildman–Crippen LogP) is 4.48. The number of ether oxygens (including phenoxy) is 1. The molecule has 0 spiro atoms. The summed E-state index contributed by atoms with van der Waals surface area (Å²) in [5.41, 5.74) is 2.94. The van der Waals surface area contributed by atoms with E-state index in [0.717, 1.165) is 23.6 Å². The predicted molar refractivity (Wildman–Crippen MR) is 126 cm³/mol. The first-order chi connectivity index (χ1) is 15.1. The molecule has 162 valence electrons. The van der Waals surface area contributed by atoms with Gasteiger partial charge in [-0.05, 0) is 60.2 Å². The van der Waals surface area contributed by atoms with Gasteiger partial charge in [-0.15, -0.1) is 23.5 Å². The van der Waals surface area contributed by atoms with Crippen molar-refractivity contribution in [2.24, 2.45) is 0 Å². The SMILES string of the molecule is O=C(COC(=O)c1ccc(C2SCCCS2)cc1)Nc1cccc(N2CCCC2=O)c1. The lowest BCUT2D eigenvalue weighted by Crippen LogP contribution is -2.24. The largest absolute Gasteiger partial charge is 0.452 e. The zero-order chi connectivity index (χ0) is 21.6. The summed E-state index contributed by atoms with van der Waals surface area (Å²) in [5.74, 6) is 1.46. The lowest BCUT2D eigenvalue weighted by atomic mass is 10.1. The summed E-state index contributed by atoms with van der Waals surface area (Å²) in [6.07, 6.45) is 2.62. The van der Waals surface area contributed by atoms with Crippen molar-refractivity contribution in [1.29, 1.82) is 0 Å². The number of nitrogens with one attached hydrogen (secondary N) is 1. The van der Waals surface area contributed by atoms with Crippen LogP contribution in [0.5, 0.6) is 0 Å². The fraction of sp³-hybridized carbons (Fsp3) is 0.348. The summed E-state index contributed by atoms with van der Waals surface area (Å²) in [5, 5.41) is 2.72. The Labute approximate surface area is 190 Å². The molecule has 0 atom stereocenters. The van der Waals surface area contributed by atoms with E-state index in [2.05, 4.69) is 5.32 Å². The van der Waals surface area contributed by atoms with Gasteiger partial charge in [-0.25, -0.2) is 4.79 Å². The number of carbonyl (C=O) groups is 3. The summed E-state index contributed by atoms with van der Waals surface area (Å²) in [6.45, 7) is 0.312. The van der Waals surface area contributed by atoms with Crippen molar-refractivity contribution in [3.8, 4) is 0 Å². The Morgan fingerprint density at radius 2 is 1.84 bits per heavy atom. The number of amides is 2. The average Bonchev–Trinajstić information content (AvgIpc) is 3.24. The molecule has 6 nitrogen and oxygen atoms in total. The first-order valence-corrected chi connectivity index (χ1v) is 12.4. The van der Waals surface area contributed by atoms with E-state index in [-0.39, 0.29) is 12.5 Å². The van der Waals surface area contributed by atoms with Gasteiger partial charge in [0, 0.05) is 24.3 Å². The van der Waals surface area contributed by atoms with Gasteiger partial charge in [0.1, 0.15) is 0 Å². The maximum absolute atomic E-state index is 12.3. The van der Waals surface area contributed by atoms with Gasteiger partial charge in [-0.3, -0.25) is 9.59 Å². The van der Waals surface area contributed by atoms with Crippen molar-refractivity contribution in [3.05, 3.63) is 59.7 Å². The van der Waals surface area contributed by atoms with E-state index < -0.39 is 11.9 Å². The maximum atomic E-state index is 12.3. The van der Waals surface area contributed by atoms with Gasteiger partial charge < -0.3 is 15.0 Å². The second-order valence-electron chi connectivity index (χ2n) is 7.37. The van der Waals surface area contributed by atoms with Crippen LogP contribution in [-0.4, -0.2) is 42.4 Å². The standard InChI is InChI=1S/C23H24N2O4S2/c26-20(24-18-4-1-5-19(14-18)25-11-2-6-21(25)27)15-29-22(28)16-7-9-17(10-8-16)23-30-12-3-13-31-23/h1,4-5,7-10,14,23H,2-3,6,11-13,15H2,(H,24,26). The van der Waals surface area contributed by atoms with E-state index in [9.17, 15) is 14.4 Å². The Kier molecular flexibility index (Phi) is 7.19. The summed E-state index contributed by atoms with van der Waals surface area (Å²) >= 11 is 3.85. The van der Waals surface area contributed by atoms with Gasteiger partial charge in [0.05, 0.1) is 10.1 Å². The Hall–Kier alpha value is -2.45. The molecule has 2 aliphatic heterocycles. The van der Waals surface area contributed by atoms with E-state index in [1.165, 1.54) is 12.0 Å². The third-order valence-corrected chi connectivity index (χ3v) is 8.11. The van der Waals surface area contributed by atoms with E-state index in [1.807, 2.05) is 41.7 Å². The lowest BCUT2D eigenvalue weighted by molar-refractivity contribution is -0.119. The van der Waals surface area contributed by atoms with Crippen LogP contribution in [0.25, 0.3) is 0 Å². The van der Waals surface area contributed by atoms with Crippen LogP contribution in [-0.2, 0) is 14.3 Å². The van der Waals surface area contributed by atoms with Crippen molar-refractivity contribution < 1.29 is 19.1 Å². The molecule has 4 rings (SSSR count). The number of hydrogen-bond acceptors (Lipinski definition) is 6. The van der Waals surface area contributed by atoms with Crippen LogP contribution in [0.1, 0.15) is 39.8 Å². The highest BCUT2D eigenvalue weighted by Gasteiger charge is 2.22. The van der Waals surface area contributed by atoms with Gasteiger partial charge in [-0.2, -0.15) is 0 Å². The molecule has 0 radical (unpaired) electrons. The summed E-state index contributed by atoms with van der Waals surface area (Å²) in [6, 6.07) is 14.5. The normalized spacial score (nSPS) is 16.9. The van der Waals surface area contributed by atoms with E-state index in [1.54, 1.807) is 35.2 Å². The molecule has 8 heteroatoms. The lowest BCUT2D eigenvalue weighted by Gasteiger charge is -2.21.